The minimum atomic E-state index is -0.333. The highest BCUT2D eigenvalue weighted by atomic mass is 16.5. The first kappa shape index (κ1) is 19.4. The van der Waals surface area contributed by atoms with Crippen molar-refractivity contribution in [3.63, 3.8) is 0 Å². The van der Waals surface area contributed by atoms with Gasteiger partial charge in [-0.2, -0.15) is 5.01 Å². The van der Waals surface area contributed by atoms with Gasteiger partial charge in [0, 0.05) is 31.5 Å². The Morgan fingerprint density at radius 1 is 0.875 bits per heavy atom. The number of ether oxygens (including phenoxy) is 2. The fourth-order valence-electron chi connectivity index (χ4n) is 4.92. The molecule has 1 fully saturated rings. The van der Waals surface area contributed by atoms with Gasteiger partial charge in [-0.3, -0.25) is 0 Å². The normalized spacial score (nSPS) is 21.8. The molecule has 0 amide bonds. The Kier molecular flexibility index (Phi) is 4.67. The van der Waals surface area contributed by atoms with E-state index in [1.54, 1.807) is 0 Å². The van der Waals surface area contributed by atoms with Crippen molar-refractivity contribution < 1.29 is 9.47 Å². The van der Waals surface area contributed by atoms with Crippen LogP contribution in [0.4, 0.5) is 0 Å². The number of likely N-dealkylation sites (tertiary alicyclic amines) is 1. The fourth-order valence-corrected chi connectivity index (χ4v) is 4.92. The van der Waals surface area contributed by atoms with Gasteiger partial charge in [0.1, 0.15) is 17.2 Å². The minimum absolute atomic E-state index is 0.151. The third-order valence-corrected chi connectivity index (χ3v) is 6.73. The van der Waals surface area contributed by atoms with E-state index in [4.69, 9.17) is 9.47 Å². The molecule has 0 aliphatic carbocycles. The van der Waals surface area contributed by atoms with Gasteiger partial charge in [-0.1, -0.05) is 36.4 Å². The largest absolute Gasteiger partial charge is 0.470 e. The van der Waals surface area contributed by atoms with E-state index in [0.717, 1.165) is 54.4 Å². The average molecular weight is 426 g/mol. The number of fused-ring (bicyclic) bond motifs is 4. The van der Waals surface area contributed by atoms with Crippen molar-refractivity contribution in [2.75, 3.05) is 20.1 Å². The maximum atomic E-state index is 6.68. The molecule has 3 aliphatic heterocycles. The molecule has 3 aromatic rings. The Morgan fingerprint density at radius 3 is 2.34 bits per heavy atom. The van der Waals surface area contributed by atoms with Crippen molar-refractivity contribution in [1.82, 2.24) is 15.3 Å². The van der Waals surface area contributed by atoms with Crippen molar-refractivity contribution in [1.29, 1.82) is 0 Å². The van der Waals surface area contributed by atoms with E-state index in [1.807, 2.05) is 42.5 Å². The van der Waals surface area contributed by atoms with Crippen molar-refractivity contribution in [2.45, 2.75) is 24.6 Å². The number of hydrogen-bond donors (Lipinski definition) is 1. The van der Waals surface area contributed by atoms with Crippen molar-refractivity contribution in [3.8, 4) is 17.2 Å². The quantitative estimate of drug-likeness (QED) is 0.625. The van der Waals surface area contributed by atoms with E-state index in [2.05, 4.69) is 64.9 Å². The van der Waals surface area contributed by atoms with Crippen molar-refractivity contribution in [3.05, 3.63) is 96.1 Å². The number of rotatable bonds is 3. The lowest BCUT2D eigenvalue weighted by molar-refractivity contribution is -0.157. The molecule has 1 spiro atoms. The lowest BCUT2D eigenvalue weighted by Gasteiger charge is -2.51. The van der Waals surface area contributed by atoms with Crippen LogP contribution in [-0.2, 0) is 0 Å². The monoisotopic (exact) mass is 425 g/mol. The maximum absolute atomic E-state index is 6.68. The van der Waals surface area contributed by atoms with Gasteiger partial charge in [-0.05, 0) is 61.2 Å². The Morgan fingerprint density at radius 2 is 1.56 bits per heavy atom. The van der Waals surface area contributed by atoms with Gasteiger partial charge in [0.25, 0.3) is 0 Å². The van der Waals surface area contributed by atoms with E-state index in [9.17, 15) is 0 Å². The van der Waals surface area contributed by atoms with E-state index in [1.165, 1.54) is 5.56 Å². The van der Waals surface area contributed by atoms with Crippen molar-refractivity contribution in [2.24, 2.45) is 0 Å². The molecular weight excluding hydrogens is 398 g/mol. The zero-order valence-electron chi connectivity index (χ0n) is 18.2. The third kappa shape index (κ3) is 3.34. The van der Waals surface area contributed by atoms with Crippen LogP contribution in [0.25, 0.3) is 5.70 Å². The summed E-state index contributed by atoms with van der Waals surface area (Å²) in [6, 6.07) is 26.7. The molecule has 0 unspecified atom stereocenters. The molecule has 3 aromatic carbocycles. The molecule has 1 N–H and O–H groups in total. The SMILES string of the molecule is CN1CCC2(CC1)Oc1ccccc1[C@H]1C=C(c3ccc(Oc4ccccc4)cc3)NN12. The smallest absolute Gasteiger partial charge is 0.182 e. The van der Waals surface area contributed by atoms with Gasteiger partial charge in [-0.25, -0.2) is 0 Å². The summed E-state index contributed by atoms with van der Waals surface area (Å²) in [6.07, 6.45) is 4.26. The van der Waals surface area contributed by atoms with Gasteiger partial charge in [0.05, 0.1) is 11.7 Å². The topological polar surface area (TPSA) is 37.0 Å². The molecule has 5 heteroatoms. The third-order valence-electron chi connectivity index (χ3n) is 6.73. The highest BCUT2D eigenvalue weighted by Gasteiger charge is 2.51. The first-order valence-corrected chi connectivity index (χ1v) is 11.3. The van der Waals surface area contributed by atoms with Crippen LogP contribution >= 0.6 is 0 Å². The van der Waals surface area contributed by atoms with Crippen LogP contribution < -0.4 is 14.9 Å². The van der Waals surface area contributed by atoms with Gasteiger partial charge in [-0.15, -0.1) is 0 Å². The zero-order chi connectivity index (χ0) is 21.5. The number of nitrogens with zero attached hydrogens (tertiary/aromatic N) is 2. The summed E-state index contributed by atoms with van der Waals surface area (Å²) in [7, 11) is 2.18. The molecule has 1 saturated heterocycles. The van der Waals surface area contributed by atoms with E-state index >= 15 is 0 Å². The molecule has 0 saturated carbocycles. The van der Waals surface area contributed by atoms with Crippen molar-refractivity contribution >= 4 is 5.70 Å². The standard InChI is InChI=1S/C27H27N3O2/c1-29-17-15-27(16-18-29)30-25(23-9-5-6-10-26(23)32-27)19-24(28-30)20-11-13-22(14-12-20)31-21-7-3-2-4-8-21/h2-14,19,25,28H,15-18H2,1H3/t25-/m1/s1. The van der Waals surface area contributed by atoms with Gasteiger partial charge >= 0.3 is 0 Å². The molecule has 0 aromatic heterocycles. The van der Waals surface area contributed by atoms with Gasteiger partial charge in [0.2, 0.25) is 0 Å². The van der Waals surface area contributed by atoms with Crippen LogP contribution in [0.5, 0.6) is 17.2 Å². The second-order valence-electron chi connectivity index (χ2n) is 8.84. The maximum Gasteiger partial charge on any atom is 0.182 e. The van der Waals surface area contributed by atoms with Gasteiger partial charge < -0.3 is 19.8 Å². The number of piperidine rings is 1. The summed E-state index contributed by atoms with van der Waals surface area (Å²) in [5.74, 6) is 2.68. The summed E-state index contributed by atoms with van der Waals surface area (Å²) in [5.41, 5.74) is 6.83. The van der Waals surface area contributed by atoms with E-state index < -0.39 is 0 Å². The first-order chi connectivity index (χ1) is 15.7. The summed E-state index contributed by atoms with van der Waals surface area (Å²) in [5, 5.41) is 2.34. The Hall–Kier alpha value is -3.28. The average Bonchev–Trinajstić information content (AvgIpc) is 3.29. The molecule has 162 valence electrons. The molecule has 0 radical (unpaired) electrons. The summed E-state index contributed by atoms with van der Waals surface area (Å²) in [4.78, 5) is 2.37. The molecule has 0 bridgehead atoms. The van der Waals surface area contributed by atoms with E-state index in [-0.39, 0.29) is 11.8 Å². The summed E-state index contributed by atoms with van der Waals surface area (Å²) < 4.78 is 12.6. The Balaban J connectivity index is 1.29. The first-order valence-electron chi connectivity index (χ1n) is 11.3. The van der Waals surface area contributed by atoms with Crippen LogP contribution in [0.2, 0.25) is 0 Å². The van der Waals surface area contributed by atoms with Crippen LogP contribution in [0.3, 0.4) is 0 Å². The van der Waals surface area contributed by atoms with Crippen LogP contribution in [0, 0.1) is 0 Å². The van der Waals surface area contributed by atoms with Crippen LogP contribution in [-0.4, -0.2) is 35.8 Å². The molecule has 3 heterocycles. The fraction of sp³-hybridized carbons (Fsp3) is 0.259. The predicted octanol–water partition coefficient (Wildman–Crippen LogP) is 5.20. The van der Waals surface area contributed by atoms with Gasteiger partial charge in [0.15, 0.2) is 5.72 Å². The number of hydrogen-bond acceptors (Lipinski definition) is 5. The second kappa shape index (κ2) is 7.69. The zero-order valence-corrected chi connectivity index (χ0v) is 18.2. The number of hydrazine groups is 1. The number of benzene rings is 3. The van der Waals surface area contributed by atoms with Crippen LogP contribution in [0.15, 0.2) is 84.9 Å². The summed E-state index contributed by atoms with van der Waals surface area (Å²) in [6.45, 7) is 2.04. The lowest BCUT2D eigenvalue weighted by atomic mass is 9.93. The molecule has 6 rings (SSSR count). The Labute approximate surface area is 188 Å². The highest BCUT2D eigenvalue weighted by Crippen LogP contribution is 2.48. The molecule has 1 atom stereocenters. The van der Waals surface area contributed by atoms with E-state index in [0.29, 0.717) is 0 Å². The predicted molar refractivity (Wildman–Crippen MR) is 125 cm³/mol. The lowest BCUT2D eigenvalue weighted by Crippen LogP contribution is -2.63. The molecule has 3 aliphatic rings. The number of para-hydroxylation sites is 2. The van der Waals surface area contributed by atoms with Crippen LogP contribution in [0.1, 0.15) is 30.0 Å². The minimum Gasteiger partial charge on any atom is -0.470 e. The second-order valence-corrected chi connectivity index (χ2v) is 8.84. The molecular formula is C27H27N3O2. The number of nitrogens with one attached hydrogen (secondary N) is 1. The Bertz CT molecular complexity index is 1140. The summed E-state index contributed by atoms with van der Waals surface area (Å²) >= 11 is 0. The highest BCUT2D eigenvalue weighted by molar-refractivity contribution is 5.68. The molecule has 32 heavy (non-hydrogen) atoms. The molecule has 5 nitrogen and oxygen atoms in total.